The number of carbonyl (C=O) groups is 2. The minimum atomic E-state index is -0.283. The number of ether oxygens (including phenoxy) is 1. The maximum Gasteiger partial charge on any atom is 0.258 e. The number of aliphatic imine (C=N–C) groups is 1. The van der Waals surface area contributed by atoms with Crippen LogP contribution in [0, 0.1) is 6.92 Å². The van der Waals surface area contributed by atoms with E-state index in [0.29, 0.717) is 43.0 Å². The van der Waals surface area contributed by atoms with Crippen molar-refractivity contribution in [1.82, 2.24) is 9.80 Å². The summed E-state index contributed by atoms with van der Waals surface area (Å²) in [6.07, 6.45) is 0.316. The molecule has 1 heterocycles. The van der Waals surface area contributed by atoms with Crippen LogP contribution in [-0.2, 0) is 17.9 Å². The molecule has 1 amide bonds. The summed E-state index contributed by atoms with van der Waals surface area (Å²) in [4.78, 5) is 33.5. The average molecular weight is 438 g/mol. The Morgan fingerprint density at radius 2 is 1.84 bits per heavy atom. The number of amides is 1. The third-order valence-corrected chi connectivity index (χ3v) is 5.63. The number of phenolic OH excluding ortho intramolecular Hbond substituents is 1. The molecule has 0 aliphatic carbocycles. The first kappa shape index (κ1) is 23.5. The molecule has 32 heavy (non-hydrogen) atoms. The molecular weight excluding hydrogens is 406 g/mol. The van der Waals surface area contributed by atoms with E-state index in [1.54, 1.807) is 31.9 Å². The highest BCUT2D eigenvalue weighted by Crippen LogP contribution is 2.31. The summed E-state index contributed by atoms with van der Waals surface area (Å²) in [5.74, 6) is 0.297. The summed E-state index contributed by atoms with van der Waals surface area (Å²) in [7, 11) is 5.55. The van der Waals surface area contributed by atoms with Crippen molar-refractivity contribution in [3.8, 4) is 11.5 Å². The molecule has 1 aliphatic heterocycles. The van der Waals surface area contributed by atoms with E-state index in [4.69, 9.17) is 4.74 Å². The Labute approximate surface area is 189 Å². The van der Waals surface area contributed by atoms with Crippen molar-refractivity contribution in [3.05, 3.63) is 58.1 Å². The van der Waals surface area contributed by atoms with E-state index in [1.807, 2.05) is 32.3 Å². The highest BCUT2D eigenvalue weighted by molar-refractivity contribution is 6.46. The Morgan fingerprint density at radius 3 is 2.50 bits per heavy atom. The van der Waals surface area contributed by atoms with Gasteiger partial charge in [-0.25, -0.2) is 0 Å². The van der Waals surface area contributed by atoms with E-state index < -0.39 is 0 Å². The highest BCUT2D eigenvalue weighted by Gasteiger charge is 2.28. The molecule has 0 bridgehead atoms. The molecule has 0 spiro atoms. The van der Waals surface area contributed by atoms with E-state index in [-0.39, 0.29) is 23.0 Å². The highest BCUT2D eigenvalue weighted by atomic mass is 16.5. The SMILES string of the molecule is CCC(=O)C(=NC)c1cc(C(=O)N2Cc3ccc(OCCN(C)C)cc3C2)c(O)cc1C. The summed E-state index contributed by atoms with van der Waals surface area (Å²) in [5.41, 5.74) is 3.86. The number of carbonyl (C=O) groups excluding carboxylic acids is 2. The Balaban J connectivity index is 1.81. The van der Waals surface area contributed by atoms with Gasteiger partial charge in [-0.1, -0.05) is 13.0 Å². The molecule has 0 atom stereocenters. The molecule has 0 unspecified atom stereocenters. The van der Waals surface area contributed by atoms with Crippen molar-refractivity contribution >= 4 is 17.4 Å². The second-order valence-electron chi connectivity index (χ2n) is 8.28. The molecule has 2 aromatic carbocycles. The Bertz CT molecular complexity index is 1060. The minimum Gasteiger partial charge on any atom is -0.507 e. The van der Waals surface area contributed by atoms with Gasteiger partial charge in [-0.3, -0.25) is 14.6 Å². The molecule has 7 heteroatoms. The monoisotopic (exact) mass is 437 g/mol. The fourth-order valence-electron chi connectivity index (χ4n) is 3.80. The maximum atomic E-state index is 13.3. The Kier molecular flexibility index (Phi) is 7.30. The zero-order valence-electron chi connectivity index (χ0n) is 19.4. The van der Waals surface area contributed by atoms with Gasteiger partial charge in [-0.15, -0.1) is 0 Å². The van der Waals surface area contributed by atoms with Crippen LogP contribution in [0.3, 0.4) is 0 Å². The third-order valence-electron chi connectivity index (χ3n) is 5.63. The number of hydrogen-bond acceptors (Lipinski definition) is 6. The van der Waals surface area contributed by atoms with Crippen molar-refractivity contribution in [3.63, 3.8) is 0 Å². The van der Waals surface area contributed by atoms with Crippen LogP contribution in [-0.4, -0.2) is 66.6 Å². The van der Waals surface area contributed by atoms with E-state index in [2.05, 4.69) is 9.89 Å². The first-order valence-electron chi connectivity index (χ1n) is 10.8. The molecular formula is C25H31N3O4. The van der Waals surface area contributed by atoms with Crippen molar-refractivity contribution in [1.29, 1.82) is 0 Å². The van der Waals surface area contributed by atoms with E-state index in [9.17, 15) is 14.7 Å². The summed E-state index contributed by atoms with van der Waals surface area (Å²) in [5, 5.41) is 10.5. The second-order valence-corrected chi connectivity index (χ2v) is 8.28. The van der Waals surface area contributed by atoms with E-state index >= 15 is 0 Å². The van der Waals surface area contributed by atoms with Crippen LogP contribution in [0.5, 0.6) is 11.5 Å². The van der Waals surface area contributed by atoms with Gasteiger partial charge in [-0.05, 0) is 62.0 Å². The lowest BCUT2D eigenvalue weighted by molar-refractivity contribution is -0.112. The first-order valence-corrected chi connectivity index (χ1v) is 10.8. The molecule has 7 nitrogen and oxygen atoms in total. The van der Waals surface area contributed by atoms with Crippen molar-refractivity contribution in [2.45, 2.75) is 33.4 Å². The number of likely N-dealkylation sites (N-methyl/N-ethyl adjacent to an activating group) is 1. The number of Topliss-reactive ketones (excluding diaryl/α,β-unsaturated/α-hetero) is 1. The number of aryl methyl sites for hydroxylation is 1. The Hall–Kier alpha value is -3.19. The van der Waals surface area contributed by atoms with Gasteiger partial charge in [0.05, 0.1) is 5.56 Å². The predicted molar refractivity (Wildman–Crippen MR) is 125 cm³/mol. The molecule has 0 fully saturated rings. The molecule has 1 aliphatic rings. The van der Waals surface area contributed by atoms with E-state index in [0.717, 1.165) is 23.4 Å². The maximum absolute atomic E-state index is 13.3. The van der Waals surface area contributed by atoms with Crippen LogP contribution >= 0.6 is 0 Å². The van der Waals surface area contributed by atoms with Crippen molar-refractivity contribution in [2.24, 2.45) is 4.99 Å². The molecule has 170 valence electrons. The predicted octanol–water partition coefficient (Wildman–Crippen LogP) is 3.20. The second kappa shape index (κ2) is 9.96. The summed E-state index contributed by atoms with van der Waals surface area (Å²) in [6, 6.07) is 8.98. The molecule has 3 rings (SSSR count). The number of benzene rings is 2. The van der Waals surface area contributed by atoms with Gasteiger partial charge in [-0.2, -0.15) is 0 Å². The molecule has 0 saturated carbocycles. The number of fused-ring (bicyclic) bond motifs is 1. The number of ketones is 1. The third kappa shape index (κ3) is 4.99. The van der Waals surface area contributed by atoms with Gasteiger partial charge in [0.25, 0.3) is 5.91 Å². The van der Waals surface area contributed by atoms with Crippen LogP contribution in [0.25, 0.3) is 0 Å². The molecule has 2 aromatic rings. The standard InChI is InChI=1S/C25H31N3O4/c1-6-22(29)24(26-3)20-13-21(23(30)11-16(20)2)25(31)28-14-17-7-8-19(12-18(17)15-28)32-10-9-27(4)5/h7-8,11-13,30H,6,9-10,14-15H2,1-5H3. The van der Waals surface area contributed by atoms with Crippen LogP contribution < -0.4 is 4.74 Å². The van der Waals surface area contributed by atoms with Gasteiger partial charge >= 0.3 is 0 Å². The van der Waals surface area contributed by atoms with Gasteiger partial charge in [0, 0.05) is 38.7 Å². The van der Waals surface area contributed by atoms with Gasteiger partial charge in [0.1, 0.15) is 23.8 Å². The fraction of sp³-hybridized carbons (Fsp3) is 0.400. The van der Waals surface area contributed by atoms with Crippen LogP contribution in [0.4, 0.5) is 0 Å². The number of hydrogen-bond donors (Lipinski definition) is 1. The fourth-order valence-corrected chi connectivity index (χ4v) is 3.80. The smallest absolute Gasteiger partial charge is 0.258 e. The topological polar surface area (TPSA) is 82.4 Å². The normalized spacial score (nSPS) is 13.4. The van der Waals surface area contributed by atoms with Gasteiger partial charge < -0.3 is 19.6 Å². The quantitative estimate of drug-likeness (QED) is 0.642. The average Bonchev–Trinajstić information content (AvgIpc) is 3.18. The summed E-state index contributed by atoms with van der Waals surface area (Å²) in [6.45, 7) is 5.87. The molecule has 0 saturated heterocycles. The number of nitrogens with zero attached hydrogens (tertiary/aromatic N) is 3. The Morgan fingerprint density at radius 1 is 1.12 bits per heavy atom. The van der Waals surface area contributed by atoms with Crippen LogP contribution in [0.15, 0.2) is 35.3 Å². The molecule has 0 aromatic heterocycles. The largest absolute Gasteiger partial charge is 0.507 e. The minimum absolute atomic E-state index is 0.0979. The number of phenols is 1. The lowest BCUT2D eigenvalue weighted by Gasteiger charge is -2.18. The molecule has 1 N–H and O–H groups in total. The van der Waals surface area contributed by atoms with Crippen LogP contribution in [0.1, 0.15) is 46.0 Å². The zero-order chi connectivity index (χ0) is 23.4. The van der Waals surface area contributed by atoms with E-state index in [1.165, 1.54) is 6.07 Å². The lowest BCUT2D eigenvalue weighted by Crippen LogP contribution is -2.26. The zero-order valence-corrected chi connectivity index (χ0v) is 19.4. The van der Waals surface area contributed by atoms with Gasteiger partial charge in [0.15, 0.2) is 5.78 Å². The summed E-state index contributed by atoms with van der Waals surface area (Å²) >= 11 is 0. The van der Waals surface area contributed by atoms with Gasteiger partial charge in [0.2, 0.25) is 0 Å². The van der Waals surface area contributed by atoms with Crippen LogP contribution in [0.2, 0.25) is 0 Å². The summed E-state index contributed by atoms with van der Waals surface area (Å²) < 4.78 is 5.81. The lowest BCUT2D eigenvalue weighted by atomic mass is 9.96. The van der Waals surface area contributed by atoms with Crippen molar-refractivity contribution in [2.75, 3.05) is 34.3 Å². The molecule has 0 radical (unpaired) electrons. The number of aromatic hydroxyl groups is 1. The number of rotatable bonds is 8. The first-order chi connectivity index (χ1) is 15.2. The van der Waals surface area contributed by atoms with Crippen molar-refractivity contribution < 1.29 is 19.4 Å².